The Kier molecular flexibility index (Phi) is 6.69. The zero-order valence-corrected chi connectivity index (χ0v) is 34.5. The molecule has 1 spiro atoms. The van der Waals surface area contributed by atoms with Gasteiger partial charge < -0.3 is 4.90 Å². The van der Waals surface area contributed by atoms with Crippen molar-refractivity contribution >= 4 is 23.1 Å². The molecular formula is C59H45N. The fourth-order valence-electron chi connectivity index (χ4n) is 12.8. The molecule has 0 saturated heterocycles. The molecule has 0 aromatic heterocycles. The zero-order chi connectivity index (χ0) is 40.1. The first kappa shape index (κ1) is 34.2. The van der Waals surface area contributed by atoms with Crippen LogP contribution in [0.15, 0.2) is 182 Å². The molecule has 0 radical (unpaired) electrons. The summed E-state index contributed by atoms with van der Waals surface area (Å²) in [6, 6.07) is 67.4. The van der Waals surface area contributed by atoms with E-state index in [-0.39, 0.29) is 28.1 Å². The summed E-state index contributed by atoms with van der Waals surface area (Å²) in [5.74, 6) is 0.539. The van der Waals surface area contributed by atoms with Crippen molar-refractivity contribution in [1.29, 1.82) is 0 Å². The molecule has 0 aliphatic heterocycles. The van der Waals surface area contributed by atoms with Gasteiger partial charge in [-0.15, -0.1) is 0 Å². The Morgan fingerprint density at radius 2 is 0.950 bits per heavy atom. The van der Waals surface area contributed by atoms with E-state index in [1.165, 1.54) is 106 Å². The van der Waals surface area contributed by atoms with Crippen molar-refractivity contribution in [3.8, 4) is 33.4 Å². The molecule has 0 N–H and O–H groups in total. The topological polar surface area (TPSA) is 3.24 Å². The lowest BCUT2D eigenvalue weighted by Gasteiger charge is -2.38. The smallest absolute Gasteiger partial charge is 0.0543 e. The molecule has 5 aliphatic rings. The van der Waals surface area contributed by atoms with Crippen molar-refractivity contribution in [3.63, 3.8) is 0 Å². The summed E-state index contributed by atoms with van der Waals surface area (Å²) >= 11 is 0. The minimum atomic E-state index is -0.305. The highest BCUT2D eigenvalue weighted by atomic mass is 15.1. The first-order valence-electron chi connectivity index (χ1n) is 21.7. The van der Waals surface area contributed by atoms with Crippen LogP contribution in [0.5, 0.6) is 0 Å². The monoisotopic (exact) mass is 767 g/mol. The number of rotatable bonds is 3. The quantitative estimate of drug-likeness (QED) is 0.173. The molecule has 1 heteroatoms. The number of hydrogen-bond acceptors (Lipinski definition) is 1. The molecule has 8 aromatic carbocycles. The molecule has 0 bridgehead atoms. The van der Waals surface area contributed by atoms with Crippen LogP contribution in [0, 0.1) is 5.92 Å². The van der Waals surface area contributed by atoms with E-state index in [1.54, 1.807) is 0 Å². The van der Waals surface area contributed by atoms with Gasteiger partial charge in [0.25, 0.3) is 0 Å². The third-order valence-electron chi connectivity index (χ3n) is 15.4. The largest absolute Gasteiger partial charge is 0.310 e. The number of fused-ring (bicyclic) bond motifs is 18. The zero-order valence-electron chi connectivity index (χ0n) is 34.5. The molecule has 13 rings (SSSR count). The predicted octanol–water partition coefficient (Wildman–Crippen LogP) is 14.9. The average molecular weight is 768 g/mol. The first-order chi connectivity index (χ1) is 29.3. The highest BCUT2D eigenvalue weighted by Gasteiger charge is 2.58. The van der Waals surface area contributed by atoms with E-state index < -0.39 is 0 Å². The van der Waals surface area contributed by atoms with Crippen LogP contribution in [0.25, 0.3) is 39.5 Å². The number of hydrogen-bond donors (Lipinski definition) is 0. The Morgan fingerprint density at radius 3 is 1.75 bits per heavy atom. The van der Waals surface area contributed by atoms with Gasteiger partial charge in [0.15, 0.2) is 0 Å². The van der Waals surface area contributed by atoms with Crippen molar-refractivity contribution < 1.29 is 0 Å². The molecular weight excluding hydrogens is 723 g/mol. The third-order valence-corrected chi connectivity index (χ3v) is 15.4. The van der Waals surface area contributed by atoms with Crippen molar-refractivity contribution in [2.45, 2.75) is 49.9 Å². The van der Waals surface area contributed by atoms with E-state index in [0.29, 0.717) is 0 Å². The number of benzene rings is 8. The van der Waals surface area contributed by atoms with Crippen LogP contribution in [0.4, 0.5) is 17.1 Å². The second kappa shape index (κ2) is 11.7. The van der Waals surface area contributed by atoms with E-state index in [0.717, 1.165) is 0 Å². The van der Waals surface area contributed by atoms with Gasteiger partial charge >= 0.3 is 0 Å². The van der Waals surface area contributed by atoms with E-state index in [2.05, 4.69) is 221 Å². The van der Waals surface area contributed by atoms with Gasteiger partial charge in [0.1, 0.15) is 0 Å². The molecule has 286 valence electrons. The molecule has 0 amide bonds. The normalized spacial score (nSPS) is 20.6. The van der Waals surface area contributed by atoms with E-state index in [4.69, 9.17) is 0 Å². The van der Waals surface area contributed by atoms with Crippen LogP contribution < -0.4 is 4.90 Å². The summed E-state index contributed by atoms with van der Waals surface area (Å²) in [5.41, 5.74) is 25.1. The molecule has 0 fully saturated rings. The van der Waals surface area contributed by atoms with Gasteiger partial charge in [0.05, 0.1) is 11.1 Å². The van der Waals surface area contributed by atoms with Crippen LogP contribution in [0.3, 0.4) is 0 Å². The fraction of sp³-hybridized carbons (Fsp3) is 0.153. The fourth-order valence-corrected chi connectivity index (χ4v) is 12.8. The molecule has 1 nitrogen and oxygen atoms in total. The Hall–Kier alpha value is -6.70. The van der Waals surface area contributed by atoms with Crippen LogP contribution in [0.2, 0.25) is 0 Å². The van der Waals surface area contributed by atoms with Gasteiger partial charge in [-0.1, -0.05) is 185 Å². The minimum absolute atomic E-state index is 0.114. The van der Waals surface area contributed by atoms with Gasteiger partial charge in [0, 0.05) is 39.6 Å². The van der Waals surface area contributed by atoms with E-state index in [1.807, 2.05) is 0 Å². The number of allylic oxidation sites excluding steroid dienone is 1. The molecule has 8 aromatic rings. The lowest BCUT2D eigenvalue weighted by molar-refractivity contribution is 0.460. The summed E-state index contributed by atoms with van der Waals surface area (Å²) in [5, 5.41) is 0. The van der Waals surface area contributed by atoms with E-state index in [9.17, 15) is 0 Å². The van der Waals surface area contributed by atoms with E-state index >= 15 is 0 Å². The summed E-state index contributed by atoms with van der Waals surface area (Å²) in [4.78, 5) is 2.58. The summed E-state index contributed by atoms with van der Waals surface area (Å²) in [6.45, 7) is 9.55. The Bertz CT molecular complexity index is 3190. The molecule has 5 aliphatic carbocycles. The number of nitrogens with zero attached hydrogens (tertiary/aromatic N) is 1. The second-order valence-corrected chi connectivity index (χ2v) is 18.8. The maximum absolute atomic E-state index is 2.58. The maximum Gasteiger partial charge on any atom is 0.0543 e. The van der Waals surface area contributed by atoms with Crippen LogP contribution >= 0.6 is 0 Å². The predicted molar refractivity (Wildman–Crippen MR) is 249 cm³/mol. The molecule has 60 heavy (non-hydrogen) atoms. The summed E-state index contributed by atoms with van der Waals surface area (Å²) in [6.07, 6.45) is 4.93. The van der Waals surface area contributed by atoms with Crippen molar-refractivity contribution in [3.05, 3.63) is 238 Å². The third kappa shape index (κ3) is 4.13. The maximum atomic E-state index is 2.58. The lowest BCUT2D eigenvalue weighted by Crippen LogP contribution is -2.33. The van der Waals surface area contributed by atoms with Gasteiger partial charge in [-0.05, 0) is 114 Å². The van der Waals surface area contributed by atoms with Gasteiger partial charge in [-0.25, -0.2) is 0 Å². The lowest BCUT2D eigenvalue weighted by atomic mass is 9.64. The molecule has 0 saturated carbocycles. The van der Waals surface area contributed by atoms with Crippen molar-refractivity contribution in [2.75, 3.05) is 4.90 Å². The van der Waals surface area contributed by atoms with Crippen LogP contribution in [-0.2, 0) is 16.2 Å². The highest BCUT2D eigenvalue weighted by molar-refractivity contribution is 5.97. The van der Waals surface area contributed by atoms with Crippen LogP contribution in [-0.4, -0.2) is 0 Å². The molecule has 3 atom stereocenters. The van der Waals surface area contributed by atoms with Crippen molar-refractivity contribution in [1.82, 2.24) is 0 Å². The highest BCUT2D eigenvalue weighted by Crippen LogP contribution is 2.67. The molecule has 3 unspecified atom stereocenters. The first-order valence-corrected chi connectivity index (χ1v) is 21.7. The van der Waals surface area contributed by atoms with Gasteiger partial charge in [0.2, 0.25) is 0 Å². The standard InChI is InChI=1S/C59H45N/c1-57(2)47-23-12-9-20-43(47)56-51(57)26-15-27-54(56)60(38-29-31-42-40-18-7-11-22-46(40)58(3,4)53(42)35-38)37-30-33-50-45(34-37)41-19-8-13-24-48(41)59(50)49-25-14-10-21-44(49)55-39-17-6-5-16-36(39)28-32-52(55)59/h5-35,52,55H,1-4H3. The average Bonchev–Trinajstić information content (AvgIpc) is 3.92. The minimum Gasteiger partial charge on any atom is -0.310 e. The summed E-state index contributed by atoms with van der Waals surface area (Å²) < 4.78 is 0. The Balaban J connectivity index is 1.07. The van der Waals surface area contributed by atoms with Gasteiger partial charge in [-0.3, -0.25) is 0 Å². The Morgan fingerprint density at radius 1 is 0.400 bits per heavy atom. The number of anilines is 3. The van der Waals surface area contributed by atoms with Crippen LogP contribution in [0.1, 0.15) is 89.2 Å². The van der Waals surface area contributed by atoms with Gasteiger partial charge in [-0.2, -0.15) is 0 Å². The molecule has 0 heterocycles. The van der Waals surface area contributed by atoms with Crippen molar-refractivity contribution in [2.24, 2.45) is 5.92 Å². The Labute approximate surface area is 353 Å². The summed E-state index contributed by atoms with van der Waals surface area (Å²) in [7, 11) is 0. The SMILES string of the molecule is CC1(C)c2ccccc2-c2ccc(N(c3ccc4c(c3)-c3ccccc3C43c4ccccc4C4c5ccccc5C=CC43)c3cccc4c3-c3ccccc3C4(C)C)cc21. The second-order valence-electron chi connectivity index (χ2n) is 18.8.